The molecule has 1 aromatic rings. The number of nitrogens with two attached hydrogens (primary N) is 1. The van der Waals surface area contributed by atoms with Crippen molar-refractivity contribution in [2.75, 3.05) is 6.54 Å². The van der Waals surface area contributed by atoms with Crippen LogP contribution >= 0.6 is 0 Å². The number of carbonyl (C=O) groups excluding carboxylic acids is 1. The minimum atomic E-state index is 0.0523. The normalized spacial score (nSPS) is 18.2. The summed E-state index contributed by atoms with van der Waals surface area (Å²) in [5.41, 5.74) is 5.80. The molecular weight excluding hydrogens is 242 g/mol. The number of nitrogens with zero attached hydrogens (tertiary/aromatic N) is 3. The lowest BCUT2D eigenvalue weighted by Gasteiger charge is -2.30. The van der Waals surface area contributed by atoms with Crippen molar-refractivity contribution in [2.24, 2.45) is 11.7 Å². The molecule has 1 atom stereocenters. The van der Waals surface area contributed by atoms with Gasteiger partial charge in [-0.15, -0.1) is 5.10 Å². The number of rotatable bonds is 6. The van der Waals surface area contributed by atoms with E-state index in [0.29, 0.717) is 25.4 Å². The van der Waals surface area contributed by atoms with Gasteiger partial charge in [0.05, 0.1) is 12.7 Å². The van der Waals surface area contributed by atoms with Crippen LogP contribution in [0.3, 0.4) is 0 Å². The van der Waals surface area contributed by atoms with Gasteiger partial charge in [0.25, 0.3) is 0 Å². The summed E-state index contributed by atoms with van der Waals surface area (Å²) in [7, 11) is 0. The molecule has 1 heterocycles. The molecule has 0 bridgehead atoms. The van der Waals surface area contributed by atoms with Gasteiger partial charge in [0.1, 0.15) is 0 Å². The average molecular weight is 265 g/mol. The molecule has 3 N–H and O–H groups in total. The molecule has 0 radical (unpaired) electrons. The predicted octanol–water partition coefficient (Wildman–Crippen LogP) is 0.692. The molecule has 1 saturated carbocycles. The molecule has 1 unspecified atom stereocenters. The van der Waals surface area contributed by atoms with Crippen molar-refractivity contribution >= 4 is 5.91 Å². The molecule has 1 aromatic heterocycles. The third-order valence-corrected chi connectivity index (χ3v) is 3.86. The van der Waals surface area contributed by atoms with E-state index in [1.54, 1.807) is 17.1 Å². The van der Waals surface area contributed by atoms with Gasteiger partial charge in [-0.3, -0.25) is 9.48 Å². The number of hydrogen-bond acceptors (Lipinski definition) is 4. The van der Waals surface area contributed by atoms with Gasteiger partial charge in [-0.1, -0.05) is 24.5 Å². The fourth-order valence-electron chi connectivity index (χ4n) is 2.75. The Morgan fingerprint density at radius 2 is 2.21 bits per heavy atom. The van der Waals surface area contributed by atoms with Crippen molar-refractivity contribution in [3.05, 3.63) is 12.4 Å². The van der Waals surface area contributed by atoms with E-state index in [0.717, 1.165) is 0 Å². The summed E-state index contributed by atoms with van der Waals surface area (Å²) in [4.78, 5) is 11.9. The van der Waals surface area contributed by atoms with E-state index in [-0.39, 0.29) is 11.9 Å². The van der Waals surface area contributed by atoms with Crippen molar-refractivity contribution in [1.29, 1.82) is 0 Å². The van der Waals surface area contributed by atoms with Gasteiger partial charge in [0.15, 0.2) is 0 Å². The van der Waals surface area contributed by atoms with Crippen LogP contribution in [0, 0.1) is 5.92 Å². The van der Waals surface area contributed by atoms with Crippen LogP contribution in [-0.4, -0.2) is 33.5 Å². The van der Waals surface area contributed by atoms with Crippen LogP contribution in [0.4, 0.5) is 0 Å². The molecule has 19 heavy (non-hydrogen) atoms. The highest BCUT2D eigenvalue weighted by atomic mass is 16.1. The average Bonchev–Trinajstić information content (AvgIpc) is 2.97. The van der Waals surface area contributed by atoms with E-state index >= 15 is 0 Å². The van der Waals surface area contributed by atoms with Gasteiger partial charge in [0, 0.05) is 25.2 Å². The summed E-state index contributed by atoms with van der Waals surface area (Å²) < 4.78 is 1.66. The second-order valence-corrected chi connectivity index (χ2v) is 5.22. The highest BCUT2D eigenvalue weighted by Gasteiger charge is 2.23. The standard InChI is InChI=1S/C13H23N5O/c14-10-12(11-4-2-1-3-5-11)16-13(19)6-8-18-9-7-15-17-18/h7,9,11-12H,1-6,8,10,14H2,(H,16,19). The van der Waals surface area contributed by atoms with Crippen molar-refractivity contribution < 1.29 is 4.79 Å². The minimum Gasteiger partial charge on any atom is -0.352 e. The second kappa shape index (κ2) is 7.23. The zero-order valence-electron chi connectivity index (χ0n) is 11.3. The van der Waals surface area contributed by atoms with Crippen LogP contribution in [-0.2, 0) is 11.3 Å². The highest BCUT2D eigenvalue weighted by Crippen LogP contribution is 2.26. The lowest BCUT2D eigenvalue weighted by Crippen LogP contribution is -2.46. The SMILES string of the molecule is NCC(NC(=O)CCn1ccnn1)C1CCCCC1. The van der Waals surface area contributed by atoms with E-state index in [1.807, 2.05) is 0 Å². The fourth-order valence-corrected chi connectivity index (χ4v) is 2.75. The zero-order valence-corrected chi connectivity index (χ0v) is 11.3. The summed E-state index contributed by atoms with van der Waals surface area (Å²) in [6.07, 6.45) is 10.0. The Kier molecular flexibility index (Phi) is 5.32. The van der Waals surface area contributed by atoms with Crippen LogP contribution in [0.5, 0.6) is 0 Å². The predicted molar refractivity (Wildman–Crippen MR) is 72.2 cm³/mol. The first kappa shape index (κ1) is 14.0. The molecule has 1 amide bonds. The van der Waals surface area contributed by atoms with Crippen molar-refractivity contribution in [2.45, 2.75) is 51.1 Å². The molecule has 1 fully saturated rings. The van der Waals surface area contributed by atoms with Crippen molar-refractivity contribution in [3.63, 3.8) is 0 Å². The van der Waals surface area contributed by atoms with E-state index in [1.165, 1.54) is 32.1 Å². The van der Waals surface area contributed by atoms with E-state index in [2.05, 4.69) is 15.6 Å². The number of nitrogens with one attached hydrogen (secondary N) is 1. The monoisotopic (exact) mass is 265 g/mol. The molecule has 0 aromatic carbocycles. The van der Waals surface area contributed by atoms with Crippen LogP contribution in [0.2, 0.25) is 0 Å². The Morgan fingerprint density at radius 3 is 2.84 bits per heavy atom. The molecule has 1 aliphatic carbocycles. The number of aryl methyl sites for hydroxylation is 1. The number of hydrogen-bond donors (Lipinski definition) is 2. The van der Waals surface area contributed by atoms with Gasteiger partial charge >= 0.3 is 0 Å². The van der Waals surface area contributed by atoms with Crippen molar-refractivity contribution in [1.82, 2.24) is 20.3 Å². The highest BCUT2D eigenvalue weighted by molar-refractivity contribution is 5.76. The Labute approximate surface area is 113 Å². The topological polar surface area (TPSA) is 85.8 Å². The number of carbonyl (C=O) groups is 1. The van der Waals surface area contributed by atoms with E-state index in [4.69, 9.17) is 5.73 Å². The van der Waals surface area contributed by atoms with Crippen LogP contribution < -0.4 is 11.1 Å². The first-order valence-corrected chi connectivity index (χ1v) is 7.13. The third-order valence-electron chi connectivity index (χ3n) is 3.86. The molecule has 0 spiro atoms. The Balaban J connectivity index is 1.75. The lowest BCUT2D eigenvalue weighted by atomic mass is 9.84. The molecule has 6 nitrogen and oxygen atoms in total. The van der Waals surface area contributed by atoms with E-state index < -0.39 is 0 Å². The molecule has 2 rings (SSSR count). The summed E-state index contributed by atoms with van der Waals surface area (Å²) in [6.45, 7) is 1.09. The smallest absolute Gasteiger partial charge is 0.222 e. The Bertz CT molecular complexity index is 372. The third kappa shape index (κ3) is 4.31. The molecule has 6 heteroatoms. The quantitative estimate of drug-likeness (QED) is 0.792. The summed E-state index contributed by atoms with van der Waals surface area (Å²) in [6, 6.07) is 0.128. The van der Waals surface area contributed by atoms with E-state index in [9.17, 15) is 4.79 Å². The number of amides is 1. The number of aromatic nitrogens is 3. The van der Waals surface area contributed by atoms with Gasteiger partial charge in [-0.25, -0.2) is 0 Å². The Morgan fingerprint density at radius 1 is 1.42 bits per heavy atom. The molecular formula is C13H23N5O. The summed E-state index contributed by atoms with van der Waals surface area (Å²) >= 11 is 0. The van der Waals surface area contributed by atoms with Crippen LogP contribution in [0.25, 0.3) is 0 Å². The maximum atomic E-state index is 11.9. The molecule has 106 valence electrons. The van der Waals surface area contributed by atoms with Gasteiger partial charge in [-0.2, -0.15) is 0 Å². The van der Waals surface area contributed by atoms with Gasteiger partial charge in [-0.05, 0) is 18.8 Å². The Hall–Kier alpha value is -1.43. The van der Waals surface area contributed by atoms with Gasteiger partial charge < -0.3 is 11.1 Å². The van der Waals surface area contributed by atoms with Crippen LogP contribution in [0.15, 0.2) is 12.4 Å². The molecule has 1 aliphatic rings. The zero-order chi connectivity index (χ0) is 13.5. The summed E-state index contributed by atoms with van der Waals surface area (Å²) in [5.74, 6) is 0.602. The largest absolute Gasteiger partial charge is 0.352 e. The lowest BCUT2D eigenvalue weighted by molar-refractivity contribution is -0.122. The van der Waals surface area contributed by atoms with Crippen LogP contribution in [0.1, 0.15) is 38.5 Å². The molecule has 0 saturated heterocycles. The van der Waals surface area contributed by atoms with Gasteiger partial charge in [0.2, 0.25) is 5.91 Å². The fraction of sp³-hybridized carbons (Fsp3) is 0.769. The first-order chi connectivity index (χ1) is 9.29. The summed E-state index contributed by atoms with van der Waals surface area (Å²) in [5, 5.41) is 10.6. The maximum absolute atomic E-state index is 11.9. The second-order valence-electron chi connectivity index (χ2n) is 5.22. The minimum absolute atomic E-state index is 0.0523. The molecule has 0 aliphatic heterocycles. The first-order valence-electron chi connectivity index (χ1n) is 7.13. The van der Waals surface area contributed by atoms with Crippen molar-refractivity contribution in [3.8, 4) is 0 Å². The maximum Gasteiger partial charge on any atom is 0.222 e.